The van der Waals surface area contributed by atoms with Gasteiger partial charge < -0.3 is 4.90 Å². The first kappa shape index (κ1) is 37.0. The number of aromatic nitrogens is 3. The quantitative estimate of drug-likeness (QED) is 0.146. The first-order chi connectivity index (χ1) is 30.7. The minimum atomic E-state index is 0.644. The zero-order valence-electron chi connectivity index (χ0n) is 33.6. The summed E-state index contributed by atoms with van der Waals surface area (Å²) in [6, 6.07) is 81.2. The summed E-state index contributed by atoms with van der Waals surface area (Å²) in [5, 5.41) is 2.35. The number of anilines is 3. The fraction of sp³-hybridized carbons (Fsp3) is 0. The zero-order chi connectivity index (χ0) is 41.2. The average Bonchev–Trinajstić information content (AvgIpc) is 3.74. The molecule has 0 radical (unpaired) electrons. The van der Waals surface area contributed by atoms with Gasteiger partial charge in [-0.3, -0.25) is 0 Å². The molecule has 0 saturated heterocycles. The number of thiophene rings is 1. The number of hydrogen-bond donors (Lipinski definition) is 0. The van der Waals surface area contributed by atoms with Crippen LogP contribution < -0.4 is 4.90 Å². The highest BCUT2D eigenvalue weighted by molar-refractivity contribution is 7.26. The van der Waals surface area contributed by atoms with Crippen LogP contribution in [0.1, 0.15) is 0 Å². The molecule has 292 valence electrons. The van der Waals surface area contributed by atoms with Crippen LogP contribution in [0.15, 0.2) is 231 Å². The third kappa shape index (κ3) is 7.21. The molecule has 11 aromatic rings. The number of fused-ring (bicyclic) bond motifs is 3. The zero-order valence-corrected chi connectivity index (χ0v) is 34.5. The van der Waals surface area contributed by atoms with E-state index in [1.54, 1.807) is 11.3 Å². The molecule has 0 aliphatic carbocycles. The summed E-state index contributed by atoms with van der Waals surface area (Å²) >= 11 is 1.80. The molecule has 0 saturated carbocycles. The maximum Gasteiger partial charge on any atom is 0.164 e. The third-order valence-corrected chi connectivity index (χ3v) is 12.5. The lowest BCUT2D eigenvalue weighted by Gasteiger charge is -2.26. The van der Waals surface area contributed by atoms with Crippen molar-refractivity contribution in [2.75, 3.05) is 4.90 Å². The van der Waals surface area contributed by atoms with E-state index in [4.69, 9.17) is 15.0 Å². The molecule has 9 aromatic carbocycles. The molecular formula is C57H38N4S. The second kappa shape index (κ2) is 16.2. The van der Waals surface area contributed by atoms with E-state index in [1.165, 1.54) is 37.0 Å². The normalized spacial score (nSPS) is 11.2. The Kier molecular flexibility index (Phi) is 9.69. The SMILES string of the molecule is c1ccc(-c2ccc(N(c3ccc(-c4ccccc4)cc3)c3ccc(-c4cc(-c5nc(-c6ccccc6)nc(-c6ccccc6)n5)c5c(c4)sc4ccccc45)cc3)cc2)cc1. The van der Waals surface area contributed by atoms with Gasteiger partial charge in [0.2, 0.25) is 0 Å². The molecule has 4 nitrogen and oxygen atoms in total. The van der Waals surface area contributed by atoms with E-state index >= 15 is 0 Å². The van der Waals surface area contributed by atoms with E-state index < -0.39 is 0 Å². The minimum absolute atomic E-state index is 0.644. The first-order valence-corrected chi connectivity index (χ1v) is 21.6. The Morgan fingerprint density at radius 3 is 1.13 bits per heavy atom. The molecule has 11 rings (SSSR count). The molecule has 0 N–H and O–H groups in total. The summed E-state index contributed by atoms with van der Waals surface area (Å²) in [7, 11) is 0. The molecule has 0 unspecified atom stereocenters. The molecule has 62 heavy (non-hydrogen) atoms. The van der Waals surface area contributed by atoms with Crippen LogP contribution in [0.4, 0.5) is 17.1 Å². The minimum Gasteiger partial charge on any atom is -0.311 e. The largest absolute Gasteiger partial charge is 0.311 e. The van der Waals surface area contributed by atoms with Crippen LogP contribution in [-0.4, -0.2) is 15.0 Å². The summed E-state index contributed by atoms with van der Waals surface area (Å²) in [5.74, 6) is 1.94. The fourth-order valence-corrected chi connectivity index (χ4v) is 9.42. The molecular weight excluding hydrogens is 773 g/mol. The van der Waals surface area contributed by atoms with Crippen molar-refractivity contribution in [3.8, 4) is 67.5 Å². The molecule has 0 aliphatic heterocycles. The van der Waals surface area contributed by atoms with Gasteiger partial charge in [0.25, 0.3) is 0 Å². The van der Waals surface area contributed by atoms with Crippen LogP contribution in [0.25, 0.3) is 87.7 Å². The lowest BCUT2D eigenvalue weighted by atomic mass is 9.97. The molecule has 0 fully saturated rings. The maximum atomic E-state index is 5.20. The van der Waals surface area contributed by atoms with Gasteiger partial charge in [-0.25, -0.2) is 15.0 Å². The van der Waals surface area contributed by atoms with Crippen molar-refractivity contribution in [1.82, 2.24) is 15.0 Å². The predicted octanol–water partition coefficient (Wildman–Crippen LogP) is 15.7. The van der Waals surface area contributed by atoms with Crippen molar-refractivity contribution in [2.45, 2.75) is 0 Å². The molecule has 2 aromatic heterocycles. The third-order valence-electron chi connectivity index (χ3n) is 11.3. The van der Waals surface area contributed by atoms with Gasteiger partial charge in [0.15, 0.2) is 17.5 Å². The summed E-state index contributed by atoms with van der Waals surface area (Å²) in [6.45, 7) is 0. The average molecular weight is 811 g/mol. The van der Waals surface area contributed by atoms with Gasteiger partial charge in [-0.2, -0.15) is 0 Å². The van der Waals surface area contributed by atoms with Crippen molar-refractivity contribution >= 4 is 48.6 Å². The number of hydrogen-bond acceptors (Lipinski definition) is 5. The highest BCUT2D eigenvalue weighted by Crippen LogP contribution is 2.44. The van der Waals surface area contributed by atoms with E-state index in [0.29, 0.717) is 17.5 Å². The molecule has 0 amide bonds. The van der Waals surface area contributed by atoms with Gasteiger partial charge >= 0.3 is 0 Å². The van der Waals surface area contributed by atoms with Gasteiger partial charge in [-0.15, -0.1) is 11.3 Å². The van der Waals surface area contributed by atoms with E-state index in [-0.39, 0.29) is 0 Å². The summed E-state index contributed by atoms with van der Waals surface area (Å²) in [5.41, 5.74) is 13.1. The lowest BCUT2D eigenvalue weighted by molar-refractivity contribution is 1.08. The molecule has 0 bridgehead atoms. The van der Waals surface area contributed by atoms with Gasteiger partial charge in [0.1, 0.15) is 0 Å². The Labute approximate surface area is 364 Å². The second-order valence-corrected chi connectivity index (χ2v) is 16.3. The maximum absolute atomic E-state index is 5.20. The highest BCUT2D eigenvalue weighted by Gasteiger charge is 2.20. The van der Waals surface area contributed by atoms with Crippen molar-refractivity contribution in [3.05, 3.63) is 231 Å². The Bertz CT molecular complexity index is 3160. The van der Waals surface area contributed by atoms with Crippen molar-refractivity contribution in [3.63, 3.8) is 0 Å². The number of benzene rings is 9. The monoisotopic (exact) mass is 810 g/mol. The summed E-state index contributed by atoms with van der Waals surface area (Å²) in [4.78, 5) is 17.7. The predicted molar refractivity (Wildman–Crippen MR) is 260 cm³/mol. The molecule has 2 heterocycles. The summed E-state index contributed by atoms with van der Waals surface area (Å²) in [6.07, 6.45) is 0. The van der Waals surface area contributed by atoms with Crippen molar-refractivity contribution in [1.29, 1.82) is 0 Å². The lowest BCUT2D eigenvalue weighted by Crippen LogP contribution is -2.09. The van der Waals surface area contributed by atoms with E-state index in [1.807, 2.05) is 36.4 Å². The first-order valence-electron chi connectivity index (χ1n) is 20.8. The van der Waals surface area contributed by atoms with Gasteiger partial charge in [0, 0.05) is 53.9 Å². The van der Waals surface area contributed by atoms with Gasteiger partial charge in [0.05, 0.1) is 0 Å². The van der Waals surface area contributed by atoms with E-state index in [2.05, 4.69) is 199 Å². The van der Waals surface area contributed by atoms with Gasteiger partial charge in [-0.1, -0.05) is 176 Å². The Morgan fingerprint density at radius 1 is 0.290 bits per heavy atom. The Morgan fingerprint density at radius 2 is 0.661 bits per heavy atom. The van der Waals surface area contributed by atoms with Crippen LogP contribution in [0.3, 0.4) is 0 Å². The van der Waals surface area contributed by atoms with Crippen LogP contribution in [0, 0.1) is 0 Å². The highest BCUT2D eigenvalue weighted by atomic mass is 32.1. The van der Waals surface area contributed by atoms with Crippen LogP contribution in [-0.2, 0) is 0 Å². The van der Waals surface area contributed by atoms with Crippen LogP contribution >= 0.6 is 11.3 Å². The standard InChI is InChI=1S/C57H38N4S/c1-5-15-39(16-6-1)41-25-31-47(32-26-41)61(48-33-27-42(28-34-48)40-17-7-2-8-18-40)49-35-29-43(30-36-49)46-37-51(54-50-23-13-14-24-52(50)62-53(54)38-46)57-59-55(44-19-9-3-10-20-44)58-56(60-57)45-21-11-4-12-22-45/h1-38H. The number of rotatable bonds is 9. The number of nitrogens with zero attached hydrogens (tertiary/aromatic N) is 4. The summed E-state index contributed by atoms with van der Waals surface area (Å²) < 4.78 is 2.41. The topological polar surface area (TPSA) is 41.9 Å². The molecule has 0 aliphatic rings. The molecule has 5 heteroatoms. The molecule has 0 atom stereocenters. The van der Waals surface area contributed by atoms with Crippen LogP contribution in [0.2, 0.25) is 0 Å². The van der Waals surface area contributed by atoms with Crippen molar-refractivity contribution in [2.24, 2.45) is 0 Å². The van der Waals surface area contributed by atoms with Gasteiger partial charge in [-0.05, 0) is 88.0 Å². The van der Waals surface area contributed by atoms with Crippen LogP contribution in [0.5, 0.6) is 0 Å². The van der Waals surface area contributed by atoms with Crippen molar-refractivity contribution < 1.29 is 0 Å². The second-order valence-electron chi connectivity index (χ2n) is 15.2. The Balaban J connectivity index is 1.03. The molecule has 0 spiro atoms. The smallest absolute Gasteiger partial charge is 0.164 e. The van der Waals surface area contributed by atoms with E-state index in [9.17, 15) is 0 Å². The van der Waals surface area contributed by atoms with E-state index in [0.717, 1.165) is 50.3 Å². The Hall–Kier alpha value is -7.99. The fourth-order valence-electron chi connectivity index (χ4n) is 8.24.